The lowest BCUT2D eigenvalue weighted by molar-refractivity contribution is 0.0696. The van der Waals surface area contributed by atoms with Crippen LogP contribution >= 0.6 is 0 Å². The summed E-state index contributed by atoms with van der Waals surface area (Å²) in [5.74, 6) is 0.0708. The second kappa shape index (κ2) is 8.25. The van der Waals surface area contributed by atoms with Gasteiger partial charge in [0.05, 0.1) is 12.2 Å². The Bertz CT molecular complexity index is 775. The number of carboxylic acid groups (broad SMARTS) is 1. The topological polar surface area (TPSA) is 59.4 Å². The van der Waals surface area contributed by atoms with E-state index in [1.54, 1.807) is 18.3 Å². The minimum absolute atomic E-state index is 0.156. The zero-order valence-electron chi connectivity index (χ0n) is 14.3. The molecule has 0 saturated heterocycles. The Morgan fingerprint density at radius 1 is 1.19 bits per heavy atom. The molecule has 1 saturated carbocycles. The van der Waals surface area contributed by atoms with Gasteiger partial charge in [-0.05, 0) is 60.4 Å². The highest BCUT2D eigenvalue weighted by Crippen LogP contribution is 2.31. The number of alkyl halides is 2. The molecule has 1 fully saturated rings. The predicted molar refractivity (Wildman–Crippen MR) is 93.0 cm³/mol. The Morgan fingerprint density at radius 2 is 1.96 bits per heavy atom. The van der Waals surface area contributed by atoms with Crippen LogP contribution in [-0.2, 0) is 19.3 Å². The van der Waals surface area contributed by atoms with Gasteiger partial charge in [0.1, 0.15) is 5.75 Å². The minimum atomic E-state index is -2.41. The molecule has 1 aromatic carbocycles. The summed E-state index contributed by atoms with van der Waals surface area (Å²) in [7, 11) is 0. The molecule has 1 N–H and O–H groups in total. The number of aromatic carboxylic acids is 1. The van der Waals surface area contributed by atoms with Gasteiger partial charge >= 0.3 is 5.97 Å². The number of benzene rings is 1. The van der Waals surface area contributed by atoms with E-state index in [1.807, 2.05) is 12.1 Å². The van der Waals surface area contributed by atoms with E-state index in [9.17, 15) is 13.6 Å². The molecular weight excluding hydrogens is 340 g/mol. The molecule has 3 rings (SSSR count). The summed E-state index contributed by atoms with van der Waals surface area (Å²) in [6.07, 6.45) is 3.77. The summed E-state index contributed by atoms with van der Waals surface area (Å²) >= 11 is 0. The molecule has 0 bridgehead atoms. The molecule has 0 radical (unpaired) electrons. The van der Waals surface area contributed by atoms with Crippen LogP contribution in [0.2, 0.25) is 0 Å². The molecule has 138 valence electrons. The fraction of sp³-hybridized carbons (Fsp3) is 0.400. The smallest absolute Gasteiger partial charge is 0.337 e. The van der Waals surface area contributed by atoms with E-state index in [0.29, 0.717) is 36.7 Å². The SMILES string of the molecule is O=C(O)c1cncc(CCc2ccc(CC(F)F)c(OCC3CC3)c2)c1. The standard InChI is InChI=1S/C20H21F2NO3/c21-19(22)9-16-6-5-13(8-18(16)26-12-14-2-3-14)1-4-15-7-17(20(24)25)11-23-10-15/h5-8,10-11,14,19H,1-4,9,12H2,(H,24,25). The van der Waals surface area contributed by atoms with Crippen LogP contribution in [0, 0.1) is 5.92 Å². The van der Waals surface area contributed by atoms with Crippen LogP contribution in [0.1, 0.15) is 39.9 Å². The van der Waals surface area contributed by atoms with Crippen molar-refractivity contribution in [3.05, 3.63) is 58.9 Å². The van der Waals surface area contributed by atoms with Crippen molar-refractivity contribution in [1.82, 2.24) is 4.98 Å². The van der Waals surface area contributed by atoms with Gasteiger partial charge in [0.2, 0.25) is 6.43 Å². The Hall–Kier alpha value is -2.50. The number of ether oxygens (including phenoxy) is 1. The van der Waals surface area contributed by atoms with Crippen LogP contribution in [0.15, 0.2) is 36.7 Å². The monoisotopic (exact) mass is 361 g/mol. The molecule has 1 aromatic heterocycles. The fourth-order valence-electron chi connectivity index (χ4n) is 2.75. The summed E-state index contributed by atoms with van der Waals surface area (Å²) < 4.78 is 31.3. The lowest BCUT2D eigenvalue weighted by Gasteiger charge is -2.13. The number of carboxylic acids is 1. The molecule has 4 nitrogen and oxygen atoms in total. The highest BCUT2D eigenvalue weighted by molar-refractivity contribution is 5.87. The van der Waals surface area contributed by atoms with Gasteiger partial charge in [-0.1, -0.05) is 12.1 Å². The zero-order chi connectivity index (χ0) is 18.5. The maximum Gasteiger partial charge on any atom is 0.337 e. The summed E-state index contributed by atoms with van der Waals surface area (Å²) in [6, 6.07) is 6.96. The first-order valence-electron chi connectivity index (χ1n) is 8.71. The van der Waals surface area contributed by atoms with E-state index in [4.69, 9.17) is 9.84 Å². The van der Waals surface area contributed by atoms with Crippen LogP contribution in [0.4, 0.5) is 8.78 Å². The van der Waals surface area contributed by atoms with Crippen molar-refractivity contribution in [2.45, 2.75) is 38.5 Å². The molecule has 26 heavy (non-hydrogen) atoms. The number of hydrogen-bond donors (Lipinski definition) is 1. The van der Waals surface area contributed by atoms with Crippen molar-refractivity contribution in [1.29, 1.82) is 0 Å². The average molecular weight is 361 g/mol. The van der Waals surface area contributed by atoms with Crippen LogP contribution in [0.5, 0.6) is 5.75 Å². The van der Waals surface area contributed by atoms with Crippen molar-refractivity contribution in [3.63, 3.8) is 0 Å². The van der Waals surface area contributed by atoms with Crippen LogP contribution in [0.25, 0.3) is 0 Å². The van der Waals surface area contributed by atoms with Crippen LogP contribution in [-0.4, -0.2) is 29.1 Å². The number of pyridine rings is 1. The number of rotatable bonds is 9. The number of aromatic nitrogens is 1. The third-order valence-electron chi connectivity index (χ3n) is 4.42. The summed E-state index contributed by atoms with van der Waals surface area (Å²) in [4.78, 5) is 15.0. The fourth-order valence-corrected chi connectivity index (χ4v) is 2.75. The molecule has 1 heterocycles. The molecule has 1 aliphatic carbocycles. The van der Waals surface area contributed by atoms with Gasteiger partial charge in [-0.3, -0.25) is 4.98 Å². The molecule has 2 aromatic rings. The Labute approximate surface area is 150 Å². The Morgan fingerprint density at radius 3 is 2.65 bits per heavy atom. The molecule has 6 heteroatoms. The predicted octanol–water partition coefficient (Wildman–Crippen LogP) is 4.16. The summed E-state index contributed by atoms with van der Waals surface area (Å²) in [5.41, 5.74) is 2.47. The third-order valence-corrected chi connectivity index (χ3v) is 4.42. The second-order valence-electron chi connectivity index (χ2n) is 6.68. The first-order valence-corrected chi connectivity index (χ1v) is 8.71. The summed E-state index contributed by atoms with van der Waals surface area (Å²) in [6.45, 7) is 0.574. The maximum absolute atomic E-state index is 12.8. The van der Waals surface area contributed by atoms with Gasteiger partial charge in [-0.25, -0.2) is 13.6 Å². The Balaban J connectivity index is 1.69. The molecule has 0 aliphatic heterocycles. The van der Waals surface area contributed by atoms with E-state index in [-0.39, 0.29) is 12.0 Å². The average Bonchev–Trinajstić information content (AvgIpc) is 3.44. The number of carbonyl (C=O) groups is 1. The molecule has 0 unspecified atom stereocenters. The van der Waals surface area contributed by atoms with E-state index < -0.39 is 12.4 Å². The number of halogens is 2. The van der Waals surface area contributed by atoms with E-state index in [0.717, 1.165) is 24.0 Å². The van der Waals surface area contributed by atoms with E-state index in [2.05, 4.69) is 4.98 Å². The quantitative estimate of drug-likeness (QED) is 0.729. The molecule has 0 spiro atoms. The van der Waals surface area contributed by atoms with Gasteiger partial charge in [-0.2, -0.15) is 0 Å². The van der Waals surface area contributed by atoms with Crippen molar-refractivity contribution in [2.24, 2.45) is 5.92 Å². The lowest BCUT2D eigenvalue weighted by atomic mass is 10.0. The normalized spacial score (nSPS) is 13.8. The summed E-state index contributed by atoms with van der Waals surface area (Å²) in [5, 5.41) is 9.02. The molecule has 0 atom stereocenters. The first kappa shape index (κ1) is 18.3. The number of nitrogens with zero attached hydrogens (tertiary/aromatic N) is 1. The van der Waals surface area contributed by atoms with Gasteiger partial charge < -0.3 is 9.84 Å². The number of hydrogen-bond acceptors (Lipinski definition) is 3. The van der Waals surface area contributed by atoms with Gasteiger partial charge in [0.25, 0.3) is 0 Å². The van der Waals surface area contributed by atoms with Crippen molar-refractivity contribution in [2.75, 3.05) is 6.61 Å². The Kier molecular flexibility index (Phi) is 5.81. The van der Waals surface area contributed by atoms with E-state index in [1.165, 1.54) is 6.20 Å². The number of aryl methyl sites for hydroxylation is 2. The lowest BCUT2D eigenvalue weighted by Crippen LogP contribution is -2.06. The highest BCUT2D eigenvalue weighted by Gasteiger charge is 2.22. The maximum atomic E-state index is 12.8. The van der Waals surface area contributed by atoms with Gasteiger partial charge in [-0.15, -0.1) is 0 Å². The van der Waals surface area contributed by atoms with Crippen molar-refractivity contribution < 1.29 is 23.4 Å². The minimum Gasteiger partial charge on any atom is -0.493 e. The largest absolute Gasteiger partial charge is 0.493 e. The first-order chi connectivity index (χ1) is 12.5. The van der Waals surface area contributed by atoms with Crippen molar-refractivity contribution in [3.8, 4) is 5.75 Å². The van der Waals surface area contributed by atoms with E-state index >= 15 is 0 Å². The third kappa shape index (κ3) is 5.25. The molecule has 0 amide bonds. The van der Waals surface area contributed by atoms with Gasteiger partial charge in [0.15, 0.2) is 0 Å². The molecule has 1 aliphatic rings. The highest BCUT2D eigenvalue weighted by atomic mass is 19.3. The van der Waals surface area contributed by atoms with Crippen molar-refractivity contribution >= 4 is 5.97 Å². The zero-order valence-corrected chi connectivity index (χ0v) is 14.3. The van der Waals surface area contributed by atoms with Crippen LogP contribution < -0.4 is 4.74 Å². The molecular formula is C20H21F2NO3. The second-order valence-corrected chi connectivity index (χ2v) is 6.68. The van der Waals surface area contributed by atoms with Gasteiger partial charge in [0, 0.05) is 18.8 Å². The van der Waals surface area contributed by atoms with Crippen LogP contribution in [0.3, 0.4) is 0 Å².